The van der Waals surface area contributed by atoms with Gasteiger partial charge in [0.25, 0.3) is 0 Å². The van der Waals surface area contributed by atoms with Crippen LogP contribution in [0.1, 0.15) is 11.3 Å². The first-order valence-electron chi connectivity index (χ1n) is 8.58. The third-order valence-electron chi connectivity index (χ3n) is 4.57. The van der Waals surface area contributed by atoms with Crippen molar-refractivity contribution in [3.05, 3.63) is 72.2 Å². The molecular weight excluding hydrogens is 336 g/mol. The highest BCUT2D eigenvalue weighted by molar-refractivity contribution is 5.89. The monoisotopic (exact) mass is 354 g/mol. The number of hydrogen-bond acceptors (Lipinski definition) is 4. The van der Waals surface area contributed by atoms with Crippen LogP contribution in [0.15, 0.2) is 60.9 Å². The SMILES string of the molecule is COc1cccc(-c2c(C)ncc(C#N)c2Nc2ccc3[nH]ccc3c2)c1. The van der Waals surface area contributed by atoms with Gasteiger partial charge in [-0.1, -0.05) is 12.1 Å². The first-order valence-corrected chi connectivity index (χ1v) is 8.58. The van der Waals surface area contributed by atoms with E-state index in [-0.39, 0.29) is 0 Å². The molecule has 0 unspecified atom stereocenters. The average molecular weight is 354 g/mol. The Bertz CT molecular complexity index is 1170. The van der Waals surface area contributed by atoms with Crippen molar-refractivity contribution in [3.8, 4) is 22.9 Å². The molecule has 4 rings (SSSR count). The zero-order valence-corrected chi connectivity index (χ0v) is 15.1. The molecule has 0 atom stereocenters. The molecule has 0 saturated carbocycles. The van der Waals surface area contributed by atoms with Crippen LogP contribution < -0.4 is 10.1 Å². The van der Waals surface area contributed by atoms with Gasteiger partial charge in [0.1, 0.15) is 11.8 Å². The van der Waals surface area contributed by atoms with Gasteiger partial charge in [-0.25, -0.2) is 0 Å². The molecule has 0 spiro atoms. The number of H-pyrrole nitrogens is 1. The molecule has 0 amide bonds. The minimum Gasteiger partial charge on any atom is -0.497 e. The molecule has 0 aliphatic carbocycles. The summed E-state index contributed by atoms with van der Waals surface area (Å²) in [6.07, 6.45) is 3.52. The Hall–Kier alpha value is -3.78. The number of nitrogens with zero attached hydrogens (tertiary/aromatic N) is 2. The number of nitriles is 1. The Morgan fingerprint density at radius 2 is 2.04 bits per heavy atom. The third kappa shape index (κ3) is 3.09. The number of nitrogens with one attached hydrogen (secondary N) is 2. The lowest BCUT2D eigenvalue weighted by molar-refractivity contribution is 0.415. The fourth-order valence-electron chi connectivity index (χ4n) is 3.23. The van der Waals surface area contributed by atoms with E-state index in [9.17, 15) is 5.26 Å². The number of rotatable bonds is 4. The Morgan fingerprint density at radius 1 is 1.15 bits per heavy atom. The quantitative estimate of drug-likeness (QED) is 0.531. The van der Waals surface area contributed by atoms with Gasteiger partial charge in [-0.2, -0.15) is 5.26 Å². The second kappa shape index (κ2) is 6.85. The van der Waals surface area contributed by atoms with Crippen molar-refractivity contribution in [1.29, 1.82) is 5.26 Å². The molecule has 2 aromatic carbocycles. The van der Waals surface area contributed by atoms with E-state index in [1.807, 2.05) is 55.6 Å². The van der Waals surface area contributed by atoms with E-state index in [1.165, 1.54) is 0 Å². The summed E-state index contributed by atoms with van der Waals surface area (Å²) in [6.45, 7) is 1.94. The van der Waals surface area contributed by atoms with Crippen molar-refractivity contribution in [1.82, 2.24) is 9.97 Å². The highest BCUT2D eigenvalue weighted by atomic mass is 16.5. The lowest BCUT2D eigenvalue weighted by atomic mass is 9.99. The van der Waals surface area contributed by atoms with Crippen LogP contribution >= 0.6 is 0 Å². The molecule has 5 nitrogen and oxygen atoms in total. The van der Waals surface area contributed by atoms with E-state index in [0.29, 0.717) is 5.56 Å². The Labute approximate surface area is 157 Å². The molecule has 0 bridgehead atoms. The maximum atomic E-state index is 9.64. The zero-order chi connectivity index (χ0) is 18.8. The molecule has 5 heteroatoms. The Balaban J connectivity index is 1.87. The van der Waals surface area contributed by atoms with Crippen LogP contribution in [0.3, 0.4) is 0 Å². The van der Waals surface area contributed by atoms with Gasteiger partial charge in [-0.3, -0.25) is 4.98 Å². The van der Waals surface area contributed by atoms with E-state index in [0.717, 1.165) is 44.8 Å². The standard InChI is InChI=1S/C22H18N4O/c1-14-21(16-4-3-5-19(11-16)27-2)22(17(12-23)13-25-14)26-18-6-7-20-15(10-18)8-9-24-20/h3-11,13,24H,1-2H3,(H,25,26). The summed E-state index contributed by atoms with van der Waals surface area (Å²) in [7, 11) is 1.64. The van der Waals surface area contributed by atoms with Gasteiger partial charge in [0.15, 0.2) is 0 Å². The Morgan fingerprint density at radius 3 is 2.85 bits per heavy atom. The number of ether oxygens (including phenoxy) is 1. The molecule has 132 valence electrons. The smallest absolute Gasteiger partial charge is 0.119 e. The second-order valence-corrected chi connectivity index (χ2v) is 6.26. The number of benzene rings is 2. The lowest BCUT2D eigenvalue weighted by Crippen LogP contribution is -2.01. The first kappa shape index (κ1) is 16.7. The van der Waals surface area contributed by atoms with Gasteiger partial charge < -0.3 is 15.0 Å². The maximum absolute atomic E-state index is 9.64. The van der Waals surface area contributed by atoms with E-state index < -0.39 is 0 Å². The van der Waals surface area contributed by atoms with Gasteiger partial charge in [0.05, 0.1) is 18.4 Å². The Kier molecular flexibility index (Phi) is 4.23. The number of aromatic nitrogens is 2. The van der Waals surface area contributed by atoms with Crippen LogP contribution in [0.4, 0.5) is 11.4 Å². The fraction of sp³-hybridized carbons (Fsp3) is 0.0909. The minimum atomic E-state index is 0.493. The number of methoxy groups -OCH3 is 1. The van der Waals surface area contributed by atoms with Crippen molar-refractivity contribution >= 4 is 22.3 Å². The van der Waals surface area contributed by atoms with Crippen molar-refractivity contribution in [2.45, 2.75) is 6.92 Å². The van der Waals surface area contributed by atoms with Gasteiger partial charge in [-0.15, -0.1) is 0 Å². The summed E-state index contributed by atoms with van der Waals surface area (Å²) >= 11 is 0. The van der Waals surface area contributed by atoms with Gasteiger partial charge in [0.2, 0.25) is 0 Å². The maximum Gasteiger partial charge on any atom is 0.119 e. The van der Waals surface area contributed by atoms with E-state index in [4.69, 9.17) is 4.74 Å². The molecular formula is C22H18N4O. The number of fused-ring (bicyclic) bond motifs is 1. The van der Waals surface area contributed by atoms with Crippen LogP contribution in [0, 0.1) is 18.3 Å². The van der Waals surface area contributed by atoms with Crippen LogP contribution in [0.25, 0.3) is 22.0 Å². The molecule has 0 aliphatic heterocycles. The number of anilines is 2. The second-order valence-electron chi connectivity index (χ2n) is 6.26. The summed E-state index contributed by atoms with van der Waals surface area (Å²) < 4.78 is 5.36. The van der Waals surface area contributed by atoms with E-state index >= 15 is 0 Å². The number of aromatic amines is 1. The van der Waals surface area contributed by atoms with Gasteiger partial charge in [0, 0.05) is 40.2 Å². The van der Waals surface area contributed by atoms with Crippen molar-refractivity contribution in [2.24, 2.45) is 0 Å². The van der Waals surface area contributed by atoms with Gasteiger partial charge in [-0.05, 0) is 48.9 Å². The van der Waals surface area contributed by atoms with Crippen molar-refractivity contribution in [3.63, 3.8) is 0 Å². The van der Waals surface area contributed by atoms with Crippen LogP contribution in [-0.4, -0.2) is 17.1 Å². The third-order valence-corrected chi connectivity index (χ3v) is 4.57. The van der Waals surface area contributed by atoms with E-state index in [2.05, 4.69) is 27.4 Å². The highest BCUT2D eigenvalue weighted by Gasteiger charge is 2.16. The topological polar surface area (TPSA) is 73.7 Å². The lowest BCUT2D eigenvalue weighted by Gasteiger charge is -2.16. The van der Waals surface area contributed by atoms with Crippen molar-refractivity contribution < 1.29 is 4.74 Å². The molecule has 27 heavy (non-hydrogen) atoms. The summed E-state index contributed by atoms with van der Waals surface area (Å²) in [4.78, 5) is 7.61. The number of pyridine rings is 1. The largest absolute Gasteiger partial charge is 0.497 e. The summed E-state index contributed by atoms with van der Waals surface area (Å²) in [5.41, 5.74) is 5.89. The normalized spacial score (nSPS) is 10.6. The highest BCUT2D eigenvalue weighted by Crippen LogP contribution is 2.36. The van der Waals surface area contributed by atoms with Crippen LogP contribution in [0.2, 0.25) is 0 Å². The zero-order valence-electron chi connectivity index (χ0n) is 15.1. The van der Waals surface area contributed by atoms with Gasteiger partial charge >= 0.3 is 0 Å². The first-order chi connectivity index (χ1) is 13.2. The average Bonchev–Trinajstić information content (AvgIpc) is 3.16. The summed E-state index contributed by atoms with van der Waals surface area (Å²) in [6, 6.07) is 18.1. The number of aryl methyl sites for hydroxylation is 1. The molecule has 0 radical (unpaired) electrons. The van der Waals surface area contributed by atoms with Crippen LogP contribution in [-0.2, 0) is 0 Å². The summed E-state index contributed by atoms with van der Waals surface area (Å²) in [5, 5.41) is 14.2. The predicted octanol–water partition coefficient (Wildman–Crippen LogP) is 5.16. The molecule has 0 fully saturated rings. The minimum absolute atomic E-state index is 0.493. The molecule has 2 N–H and O–H groups in total. The number of hydrogen-bond donors (Lipinski definition) is 2. The molecule has 0 saturated heterocycles. The molecule has 0 aliphatic rings. The molecule has 4 aromatic rings. The summed E-state index contributed by atoms with van der Waals surface area (Å²) in [5.74, 6) is 0.758. The van der Waals surface area contributed by atoms with Crippen LogP contribution in [0.5, 0.6) is 5.75 Å². The predicted molar refractivity (Wildman–Crippen MR) is 107 cm³/mol. The fourth-order valence-corrected chi connectivity index (χ4v) is 3.23. The molecule has 2 heterocycles. The molecule has 2 aromatic heterocycles. The van der Waals surface area contributed by atoms with Crippen molar-refractivity contribution in [2.75, 3.05) is 12.4 Å². The van der Waals surface area contributed by atoms with E-state index in [1.54, 1.807) is 13.3 Å².